The average molecular weight is 484 g/mol. The lowest BCUT2D eigenvalue weighted by Gasteiger charge is -2.01. The molecule has 0 aliphatic heterocycles. The van der Waals surface area contributed by atoms with Crippen LogP contribution in [0.2, 0.25) is 0 Å². The second-order valence-electron chi connectivity index (χ2n) is 8.34. The van der Waals surface area contributed by atoms with Crippen LogP contribution in [0.25, 0.3) is 11.0 Å². The number of unbranched alkanes of at least 4 members (excludes halogenated alkanes) is 1. The van der Waals surface area contributed by atoms with Crippen LogP contribution in [0, 0.1) is 0 Å². The highest BCUT2D eigenvalue weighted by molar-refractivity contribution is 7.13. The molecular weight excluding hydrogens is 458 g/mol. The molecule has 0 saturated carbocycles. The fourth-order valence-corrected chi connectivity index (χ4v) is 4.65. The summed E-state index contributed by atoms with van der Waals surface area (Å²) >= 11 is 1.35. The molecule has 0 atom stereocenters. The molecule has 1 aromatic carbocycles. The largest absolute Gasteiger partial charge is 0.346 e. The van der Waals surface area contributed by atoms with Crippen LogP contribution in [-0.2, 0) is 25.8 Å². The van der Waals surface area contributed by atoms with Gasteiger partial charge in [-0.15, -0.1) is 15.3 Å². The van der Waals surface area contributed by atoms with Crippen LogP contribution in [0.1, 0.15) is 50.2 Å². The van der Waals surface area contributed by atoms with E-state index in [1.807, 2.05) is 18.2 Å². The Balaban J connectivity index is 1.09. The number of pyridine rings is 1. The van der Waals surface area contributed by atoms with Crippen molar-refractivity contribution in [2.24, 2.45) is 0 Å². The van der Waals surface area contributed by atoms with Gasteiger partial charge in [-0.3, -0.25) is 9.78 Å². The van der Waals surface area contributed by atoms with Crippen LogP contribution in [0.15, 0.2) is 67.0 Å². The topological polar surface area (TPSA) is 109 Å². The van der Waals surface area contributed by atoms with Crippen molar-refractivity contribution in [2.75, 3.05) is 0 Å². The molecule has 8 nitrogen and oxygen atoms in total. The van der Waals surface area contributed by atoms with E-state index >= 15 is 0 Å². The Labute approximate surface area is 206 Å². The first kappa shape index (κ1) is 22.8. The number of aromatic amines is 1. The summed E-state index contributed by atoms with van der Waals surface area (Å²) in [6.45, 7) is 0.441. The molecule has 4 aromatic heterocycles. The van der Waals surface area contributed by atoms with Crippen LogP contribution in [0.5, 0.6) is 0 Å². The van der Waals surface area contributed by atoms with Gasteiger partial charge < -0.3 is 10.3 Å². The molecule has 9 heteroatoms. The first-order chi connectivity index (χ1) is 17.2. The molecule has 0 unspecified atom stereocenters. The summed E-state index contributed by atoms with van der Waals surface area (Å²) in [5, 5.41) is 22.2. The number of carbonyl (C=O) groups is 1. The van der Waals surface area contributed by atoms with Crippen molar-refractivity contribution in [3.05, 3.63) is 99.5 Å². The van der Waals surface area contributed by atoms with Crippen LogP contribution < -0.4 is 5.32 Å². The molecule has 0 spiro atoms. The van der Waals surface area contributed by atoms with E-state index in [9.17, 15) is 4.79 Å². The molecule has 176 valence electrons. The summed E-state index contributed by atoms with van der Waals surface area (Å²) in [5.41, 5.74) is 5.19. The van der Waals surface area contributed by atoms with Gasteiger partial charge in [-0.2, -0.15) is 5.10 Å². The van der Waals surface area contributed by atoms with Crippen molar-refractivity contribution in [3.63, 3.8) is 0 Å². The second kappa shape index (κ2) is 11.0. The van der Waals surface area contributed by atoms with Gasteiger partial charge in [-0.25, -0.2) is 0 Å². The minimum absolute atomic E-state index is 0.202. The summed E-state index contributed by atoms with van der Waals surface area (Å²) in [6, 6.07) is 18.4. The van der Waals surface area contributed by atoms with E-state index in [-0.39, 0.29) is 5.91 Å². The van der Waals surface area contributed by atoms with Crippen molar-refractivity contribution in [2.45, 2.75) is 38.6 Å². The van der Waals surface area contributed by atoms with Gasteiger partial charge in [0.1, 0.15) is 5.01 Å². The summed E-state index contributed by atoms with van der Waals surface area (Å²) in [5.74, 6) is -0.202. The van der Waals surface area contributed by atoms with Crippen molar-refractivity contribution in [1.82, 2.24) is 35.7 Å². The Kier molecular flexibility index (Phi) is 7.14. The van der Waals surface area contributed by atoms with Gasteiger partial charge in [-0.1, -0.05) is 41.7 Å². The van der Waals surface area contributed by atoms with Crippen molar-refractivity contribution < 1.29 is 4.79 Å². The molecule has 2 N–H and O–H groups in total. The van der Waals surface area contributed by atoms with Gasteiger partial charge in [0, 0.05) is 42.9 Å². The van der Waals surface area contributed by atoms with Crippen LogP contribution in [0.4, 0.5) is 0 Å². The Morgan fingerprint density at radius 2 is 1.71 bits per heavy atom. The van der Waals surface area contributed by atoms with E-state index < -0.39 is 0 Å². The molecule has 5 aromatic rings. The molecule has 0 aliphatic carbocycles. The summed E-state index contributed by atoms with van der Waals surface area (Å²) in [7, 11) is 0. The fourth-order valence-electron chi connectivity index (χ4n) is 3.85. The molecule has 35 heavy (non-hydrogen) atoms. The number of benzene rings is 1. The van der Waals surface area contributed by atoms with Gasteiger partial charge in [0.05, 0.1) is 5.69 Å². The third-order valence-electron chi connectivity index (χ3n) is 5.66. The SMILES string of the molecule is O=C(NCc1ccncc1)c1nnc(CCCCc2cc3cc(Cc4ccccc4)[nH]c3nn2)s1. The molecule has 0 bridgehead atoms. The van der Waals surface area contributed by atoms with Crippen LogP contribution >= 0.6 is 11.3 Å². The molecule has 4 heterocycles. The zero-order valence-electron chi connectivity index (χ0n) is 19.1. The molecule has 0 radical (unpaired) electrons. The van der Waals surface area contributed by atoms with Gasteiger partial charge in [0.2, 0.25) is 5.01 Å². The normalized spacial score (nSPS) is 11.1. The Bertz CT molecular complexity index is 1400. The minimum atomic E-state index is -0.202. The number of H-pyrrole nitrogens is 1. The van der Waals surface area contributed by atoms with Gasteiger partial charge in [-0.05, 0) is 54.7 Å². The average Bonchev–Trinajstić information content (AvgIpc) is 3.53. The maximum atomic E-state index is 12.3. The standard InChI is InChI=1S/C26H25N7OS/c34-25(28-17-19-10-12-27-13-11-19)26-33-31-23(35-26)9-5-4-8-21-15-20-16-22(29-24(20)32-30-21)14-18-6-2-1-3-7-18/h1-3,6-7,10-13,15-16H,4-5,8-9,14,17H2,(H,28,34)(H,29,32). The number of nitrogens with one attached hydrogen (secondary N) is 2. The van der Waals surface area contributed by atoms with E-state index in [1.165, 1.54) is 16.9 Å². The summed E-state index contributed by atoms with van der Waals surface area (Å²) in [4.78, 5) is 19.7. The predicted molar refractivity (Wildman–Crippen MR) is 135 cm³/mol. The lowest BCUT2D eigenvalue weighted by molar-refractivity contribution is 0.0950. The molecule has 5 rings (SSSR count). The maximum absolute atomic E-state index is 12.3. The number of hydrogen-bond donors (Lipinski definition) is 2. The van der Waals surface area contributed by atoms with E-state index in [4.69, 9.17) is 0 Å². The minimum Gasteiger partial charge on any atom is -0.346 e. The van der Waals surface area contributed by atoms with Crippen molar-refractivity contribution in [3.8, 4) is 0 Å². The molecule has 0 fully saturated rings. The molecule has 0 aliphatic rings. The van der Waals surface area contributed by atoms with Crippen molar-refractivity contribution >= 4 is 28.3 Å². The zero-order chi connectivity index (χ0) is 23.9. The highest BCUT2D eigenvalue weighted by Crippen LogP contribution is 2.18. The maximum Gasteiger partial charge on any atom is 0.282 e. The smallest absolute Gasteiger partial charge is 0.282 e. The second-order valence-corrected chi connectivity index (χ2v) is 9.40. The first-order valence-corrected chi connectivity index (χ1v) is 12.4. The number of aromatic nitrogens is 6. The molecule has 0 saturated heterocycles. The van der Waals surface area contributed by atoms with Gasteiger partial charge >= 0.3 is 0 Å². The first-order valence-electron chi connectivity index (χ1n) is 11.6. The fraction of sp³-hybridized carbons (Fsp3) is 0.231. The number of rotatable bonds is 10. The molecule has 1 amide bonds. The van der Waals surface area contributed by atoms with Crippen LogP contribution in [-0.4, -0.2) is 36.3 Å². The lowest BCUT2D eigenvalue weighted by Crippen LogP contribution is -2.22. The van der Waals surface area contributed by atoms with E-state index in [0.717, 1.165) is 65.1 Å². The van der Waals surface area contributed by atoms with Crippen LogP contribution in [0.3, 0.4) is 0 Å². The zero-order valence-corrected chi connectivity index (χ0v) is 20.0. The number of amides is 1. The van der Waals surface area contributed by atoms with Gasteiger partial charge in [0.15, 0.2) is 5.65 Å². The third-order valence-corrected chi connectivity index (χ3v) is 6.64. The highest BCUT2D eigenvalue weighted by atomic mass is 32.1. The number of carbonyl (C=O) groups excluding carboxylic acids is 1. The quantitative estimate of drug-likeness (QED) is 0.287. The Morgan fingerprint density at radius 1 is 0.886 bits per heavy atom. The Morgan fingerprint density at radius 3 is 2.57 bits per heavy atom. The number of aryl methyl sites for hydroxylation is 2. The monoisotopic (exact) mass is 483 g/mol. The summed E-state index contributed by atoms with van der Waals surface area (Å²) in [6.07, 6.45) is 7.80. The van der Waals surface area contributed by atoms with Gasteiger partial charge in [0.25, 0.3) is 5.91 Å². The number of hydrogen-bond acceptors (Lipinski definition) is 7. The predicted octanol–water partition coefficient (Wildman–Crippen LogP) is 4.29. The van der Waals surface area contributed by atoms with E-state index in [2.05, 4.69) is 72.1 Å². The summed E-state index contributed by atoms with van der Waals surface area (Å²) < 4.78 is 0. The number of nitrogens with zero attached hydrogens (tertiary/aromatic N) is 5. The Hall–Kier alpha value is -3.98. The highest BCUT2D eigenvalue weighted by Gasteiger charge is 2.13. The number of fused-ring (bicyclic) bond motifs is 1. The van der Waals surface area contributed by atoms with E-state index in [0.29, 0.717) is 11.6 Å². The van der Waals surface area contributed by atoms with E-state index in [1.54, 1.807) is 12.4 Å². The molecular formula is C26H25N7OS. The lowest BCUT2D eigenvalue weighted by atomic mass is 10.1. The third kappa shape index (κ3) is 6.13. The van der Waals surface area contributed by atoms with Crippen molar-refractivity contribution in [1.29, 1.82) is 0 Å².